The molecule has 1 aliphatic carbocycles. The lowest BCUT2D eigenvalue weighted by Crippen LogP contribution is -2.44. The Kier molecular flexibility index (Phi) is 5.61. The molecule has 5 nitrogen and oxygen atoms in total. The summed E-state index contributed by atoms with van der Waals surface area (Å²) in [5.41, 5.74) is -0.325. The minimum atomic E-state index is -4.59. The number of rotatable bonds is 3. The lowest BCUT2D eigenvalue weighted by molar-refractivity contribution is -0.143. The molecular formula is C14H17F3N2O3S. The molecule has 2 unspecified atom stereocenters. The van der Waals surface area contributed by atoms with Crippen LogP contribution in [0.3, 0.4) is 0 Å². The Hall–Kier alpha value is -1.64. The van der Waals surface area contributed by atoms with Gasteiger partial charge in [-0.2, -0.15) is 13.2 Å². The summed E-state index contributed by atoms with van der Waals surface area (Å²) in [7, 11) is 0. The Balaban J connectivity index is 2.09. The van der Waals surface area contributed by atoms with Crippen molar-refractivity contribution in [3.05, 3.63) is 16.1 Å². The SMILES string of the molecule is O=C(NC1CCCCCCC1C(=O)O)c1csc(C(F)(F)F)n1. The summed E-state index contributed by atoms with van der Waals surface area (Å²) in [6.45, 7) is 0. The van der Waals surface area contributed by atoms with E-state index in [0.29, 0.717) is 24.2 Å². The Morgan fingerprint density at radius 1 is 1.22 bits per heavy atom. The van der Waals surface area contributed by atoms with Crippen LogP contribution in [0.15, 0.2) is 5.38 Å². The zero-order chi connectivity index (χ0) is 17.0. The van der Waals surface area contributed by atoms with Gasteiger partial charge < -0.3 is 10.4 Å². The van der Waals surface area contributed by atoms with E-state index in [1.54, 1.807) is 0 Å². The average Bonchev–Trinajstić information content (AvgIpc) is 2.91. The summed E-state index contributed by atoms with van der Waals surface area (Å²) in [4.78, 5) is 26.8. The minimum Gasteiger partial charge on any atom is -0.481 e. The molecule has 1 heterocycles. The van der Waals surface area contributed by atoms with E-state index in [1.165, 1.54) is 0 Å². The monoisotopic (exact) mass is 350 g/mol. The molecule has 0 saturated heterocycles. The van der Waals surface area contributed by atoms with Crippen LogP contribution in [0.1, 0.15) is 54.0 Å². The lowest BCUT2D eigenvalue weighted by atomic mass is 9.86. The summed E-state index contributed by atoms with van der Waals surface area (Å²) in [6, 6.07) is -0.587. The smallest absolute Gasteiger partial charge is 0.443 e. The highest BCUT2D eigenvalue weighted by Crippen LogP contribution is 2.31. The van der Waals surface area contributed by atoms with Gasteiger partial charge in [0, 0.05) is 11.4 Å². The van der Waals surface area contributed by atoms with Gasteiger partial charge in [-0.05, 0) is 12.8 Å². The van der Waals surface area contributed by atoms with Crippen molar-refractivity contribution in [3.8, 4) is 0 Å². The van der Waals surface area contributed by atoms with Crippen LogP contribution in [-0.4, -0.2) is 28.0 Å². The van der Waals surface area contributed by atoms with E-state index in [2.05, 4.69) is 10.3 Å². The van der Waals surface area contributed by atoms with E-state index in [1.807, 2.05) is 0 Å². The number of carbonyl (C=O) groups excluding carboxylic acids is 1. The summed E-state index contributed by atoms with van der Waals surface area (Å²) < 4.78 is 37.6. The van der Waals surface area contributed by atoms with Crippen molar-refractivity contribution in [2.75, 3.05) is 0 Å². The van der Waals surface area contributed by atoms with Gasteiger partial charge in [0.1, 0.15) is 5.69 Å². The van der Waals surface area contributed by atoms with Crippen molar-refractivity contribution >= 4 is 23.2 Å². The summed E-state index contributed by atoms with van der Waals surface area (Å²) in [5, 5.41) is 11.8. The van der Waals surface area contributed by atoms with Crippen LogP contribution < -0.4 is 5.32 Å². The summed E-state index contributed by atoms with van der Waals surface area (Å²) in [6.07, 6.45) is -0.200. The average molecular weight is 350 g/mol. The number of aliphatic carboxylic acids is 1. The van der Waals surface area contributed by atoms with E-state index in [4.69, 9.17) is 0 Å². The molecule has 2 atom stereocenters. The first-order valence-corrected chi connectivity index (χ1v) is 8.23. The topological polar surface area (TPSA) is 79.3 Å². The number of halogens is 3. The molecule has 0 spiro atoms. The highest BCUT2D eigenvalue weighted by atomic mass is 32.1. The number of thiazole rings is 1. The summed E-state index contributed by atoms with van der Waals surface area (Å²) >= 11 is 0.348. The van der Waals surface area contributed by atoms with Crippen LogP contribution in [0.4, 0.5) is 13.2 Å². The maximum absolute atomic E-state index is 12.5. The first kappa shape index (κ1) is 17.7. The van der Waals surface area contributed by atoms with E-state index in [9.17, 15) is 27.9 Å². The van der Waals surface area contributed by atoms with Gasteiger partial charge in [-0.25, -0.2) is 4.98 Å². The molecule has 0 radical (unpaired) electrons. The maximum atomic E-state index is 12.5. The van der Waals surface area contributed by atoms with Gasteiger partial charge in [-0.1, -0.05) is 25.7 Å². The van der Waals surface area contributed by atoms with Crippen molar-refractivity contribution in [2.45, 2.75) is 50.7 Å². The Bertz CT molecular complexity index is 574. The molecule has 0 aromatic carbocycles. The van der Waals surface area contributed by atoms with E-state index >= 15 is 0 Å². The van der Waals surface area contributed by atoms with E-state index in [-0.39, 0.29) is 5.69 Å². The fourth-order valence-electron chi connectivity index (χ4n) is 2.70. The molecule has 1 aromatic heterocycles. The molecule has 0 aliphatic heterocycles. The fourth-order valence-corrected chi connectivity index (χ4v) is 3.37. The second-order valence-corrected chi connectivity index (χ2v) is 6.41. The number of carboxylic acids is 1. The number of alkyl halides is 3. The highest BCUT2D eigenvalue weighted by Gasteiger charge is 2.36. The predicted octanol–water partition coefficient (Wildman–Crippen LogP) is 3.32. The highest BCUT2D eigenvalue weighted by molar-refractivity contribution is 7.09. The van der Waals surface area contributed by atoms with Gasteiger partial charge in [-0.15, -0.1) is 11.3 Å². The van der Waals surface area contributed by atoms with Crippen LogP contribution >= 0.6 is 11.3 Å². The van der Waals surface area contributed by atoms with Gasteiger partial charge in [0.05, 0.1) is 5.92 Å². The number of nitrogens with one attached hydrogen (secondary N) is 1. The Morgan fingerprint density at radius 2 is 1.87 bits per heavy atom. The third kappa shape index (κ3) is 4.66. The molecule has 2 N–H and O–H groups in total. The Morgan fingerprint density at radius 3 is 2.43 bits per heavy atom. The molecule has 0 bridgehead atoms. The quantitative estimate of drug-likeness (QED) is 0.876. The first-order chi connectivity index (χ1) is 10.8. The largest absolute Gasteiger partial charge is 0.481 e. The van der Waals surface area contributed by atoms with Crippen molar-refractivity contribution in [3.63, 3.8) is 0 Å². The third-order valence-electron chi connectivity index (χ3n) is 3.88. The lowest BCUT2D eigenvalue weighted by Gasteiger charge is -2.26. The zero-order valence-corrected chi connectivity index (χ0v) is 13.0. The number of amides is 1. The van der Waals surface area contributed by atoms with Crippen LogP contribution in [0, 0.1) is 5.92 Å². The Labute approximate surface area is 134 Å². The minimum absolute atomic E-state index is 0.325. The van der Waals surface area contributed by atoms with E-state index in [0.717, 1.165) is 31.1 Å². The molecule has 1 aliphatic rings. The van der Waals surface area contributed by atoms with Crippen LogP contribution in [0.2, 0.25) is 0 Å². The van der Waals surface area contributed by atoms with Gasteiger partial charge in [-0.3, -0.25) is 9.59 Å². The first-order valence-electron chi connectivity index (χ1n) is 7.35. The fraction of sp³-hybridized carbons (Fsp3) is 0.643. The number of hydrogen-bond donors (Lipinski definition) is 2. The van der Waals surface area contributed by atoms with Gasteiger partial charge >= 0.3 is 12.1 Å². The van der Waals surface area contributed by atoms with E-state index < -0.39 is 35.0 Å². The van der Waals surface area contributed by atoms with Crippen LogP contribution in [0.25, 0.3) is 0 Å². The molecule has 1 fully saturated rings. The van der Waals surface area contributed by atoms with Crippen molar-refractivity contribution in [1.29, 1.82) is 0 Å². The number of hydrogen-bond acceptors (Lipinski definition) is 4. The molecule has 128 valence electrons. The number of aromatic nitrogens is 1. The number of carboxylic acid groups (broad SMARTS) is 1. The third-order valence-corrected chi connectivity index (χ3v) is 4.77. The molecule has 1 saturated carbocycles. The molecular weight excluding hydrogens is 333 g/mol. The van der Waals surface area contributed by atoms with Crippen molar-refractivity contribution in [2.24, 2.45) is 5.92 Å². The predicted molar refractivity (Wildman–Crippen MR) is 77.2 cm³/mol. The molecule has 9 heteroatoms. The second kappa shape index (κ2) is 7.29. The van der Waals surface area contributed by atoms with Crippen molar-refractivity contribution in [1.82, 2.24) is 10.3 Å². The molecule has 23 heavy (non-hydrogen) atoms. The molecule has 1 aromatic rings. The standard InChI is InChI=1S/C14H17F3N2O3S/c15-14(16,17)13-19-10(7-23-13)11(20)18-9-6-4-2-1-3-5-8(9)12(21)22/h7-9H,1-6H2,(H,18,20)(H,21,22). The molecule has 2 rings (SSSR count). The molecule has 1 amide bonds. The van der Waals surface area contributed by atoms with Crippen LogP contribution in [-0.2, 0) is 11.0 Å². The van der Waals surface area contributed by atoms with Crippen LogP contribution in [0.5, 0.6) is 0 Å². The number of nitrogens with zero attached hydrogens (tertiary/aromatic N) is 1. The zero-order valence-electron chi connectivity index (χ0n) is 12.2. The number of carbonyl (C=O) groups is 2. The van der Waals surface area contributed by atoms with Gasteiger partial charge in [0.25, 0.3) is 5.91 Å². The second-order valence-electron chi connectivity index (χ2n) is 5.55. The van der Waals surface area contributed by atoms with Gasteiger partial charge in [0.15, 0.2) is 5.01 Å². The summed E-state index contributed by atoms with van der Waals surface area (Å²) in [5.74, 6) is -2.47. The maximum Gasteiger partial charge on any atom is 0.443 e. The van der Waals surface area contributed by atoms with Gasteiger partial charge in [0.2, 0.25) is 0 Å². The van der Waals surface area contributed by atoms with Crippen molar-refractivity contribution < 1.29 is 27.9 Å². The normalized spacial score (nSPS) is 22.9.